The van der Waals surface area contributed by atoms with Crippen LogP contribution in [0.2, 0.25) is 0 Å². The van der Waals surface area contributed by atoms with Gasteiger partial charge in [-0.15, -0.1) is 0 Å². The summed E-state index contributed by atoms with van der Waals surface area (Å²) in [4.78, 5) is 23.5. The summed E-state index contributed by atoms with van der Waals surface area (Å²) in [5.74, 6) is -1.50. The molecule has 0 bridgehead atoms. The molecule has 0 saturated heterocycles. The van der Waals surface area contributed by atoms with Crippen LogP contribution in [-0.2, 0) is 32.8 Å². The Labute approximate surface area is 160 Å². The Balaban J connectivity index is 1.87. The van der Waals surface area contributed by atoms with Crippen LogP contribution in [0.5, 0.6) is 0 Å². The van der Waals surface area contributed by atoms with E-state index in [0.29, 0.717) is 6.61 Å². The lowest BCUT2D eigenvalue weighted by Crippen LogP contribution is -2.43. The van der Waals surface area contributed by atoms with Crippen molar-refractivity contribution in [2.75, 3.05) is 6.61 Å². The number of hydrogen-bond donors (Lipinski definition) is 2. The third-order valence-corrected chi connectivity index (χ3v) is 4.24. The third kappa shape index (κ3) is 6.87. The van der Waals surface area contributed by atoms with E-state index in [-0.39, 0.29) is 18.4 Å². The van der Waals surface area contributed by atoms with Crippen LogP contribution in [0.1, 0.15) is 37.5 Å². The molecule has 2 N–H and O–H groups in total. The zero-order chi connectivity index (χ0) is 19.9. The average molecular weight is 369 g/mol. The number of ether oxygens (including phenoxy) is 1. The van der Waals surface area contributed by atoms with Gasteiger partial charge in [0.1, 0.15) is 12.6 Å². The van der Waals surface area contributed by atoms with E-state index in [1.165, 1.54) is 5.56 Å². The molecule has 1 atom stereocenters. The summed E-state index contributed by atoms with van der Waals surface area (Å²) in [5, 5.41) is 11.9. The molecule has 0 aliphatic rings. The highest BCUT2D eigenvalue weighted by molar-refractivity contribution is 5.84. The first-order valence-corrected chi connectivity index (χ1v) is 8.99. The largest absolute Gasteiger partial charge is 0.480 e. The minimum absolute atomic E-state index is 0.0367. The van der Waals surface area contributed by atoms with Crippen LogP contribution in [0, 0.1) is 0 Å². The molecule has 5 heteroatoms. The molecule has 0 aliphatic heterocycles. The Kier molecular flexibility index (Phi) is 7.13. The van der Waals surface area contributed by atoms with Crippen LogP contribution in [-0.4, -0.2) is 29.6 Å². The molecule has 0 saturated carbocycles. The van der Waals surface area contributed by atoms with Crippen LogP contribution in [0.4, 0.5) is 0 Å². The SMILES string of the molecule is CC(C)(C)c1ccc(C[C@H](NC(=O)COCc2ccccc2)C(=O)O)cc1. The van der Waals surface area contributed by atoms with Gasteiger partial charge < -0.3 is 15.2 Å². The highest BCUT2D eigenvalue weighted by Crippen LogP contribution is 2.22. The number of rotatable bonds is 8. The first-order chi connectivity index (χ1) is 12.8. The van der Waals surface area contributed by atoms with E-state index in [4.69, 9.17) is 4.74 Å². The maximum Gasteiger partial charge on any atom is 0.326 e. The summed E-state index contributed by atoms with van der Waals surface area (Å²) in [7, 11) is 0. The number of hydrogen-bond acceptors (Lipinski definition) is 3. The summed E-state index contributed by atoms with van der Waals surface area (Å²) in [5.41, 5.74) is 3.03. The van der Waals surface area contributed by atoms with Crippen molar-refractivity contribution in [1.29, 1.82) is 0 Å². The topological polar surface area (TPSA) is 75.6 Å². The Morgan fingerprint density at radius 3 is 2.19 bits per heavy atom. The lowest BCUT2D eigenvalue weighted by atomic mass is 9.86. The number of amides is 1. The van der Waals surface area contributed by atoms with Crippen molar-refractivity contribution in [2.24, 2.45) is 0 Å². The Morgan fingerprint density at radius 2 is 1.63 bits per heavy atom. The Hall–Kier alpha value is -2.66. The van der Waals surface area contributed by atoms with Gasteiger partial charge in [-0.05, 0) is 22.1 Å². The van der Waals surface area contributed by atoms with E-state index in [0.717, 1.165) is 11.1 Å². The molecular weight excluding hydrogens is 342 g/mol. The summed E-state index contributed by atoms with van der Waals surface area (Å²) >= 11 is 0. The predicted molar refractivity (Wildman–Crippen MR) is 105 cm³/mol. The normalized spacial score (nSPS) is 12.4. The van der Waals surface area contributed by atoms with Crippen molar-refractivity contribution >= 4 is 11.9 Å². The molecule has 0 aromatic heterocycles. The van der Waals surface area contributed by atoms with E-state index >= 15 is 0 Å². The number of carbonyl (C=O) groups is 2. The molecule has 0 aliphatic carbocycles. The Morgan fingerprint density at radius 1 is 1.00 bits per heavy atom. The fraction of sp³-hybridized carbons (Fsp3) is 0.364. The van der Waals surface area contributed by atoms with E-state index < -0.39 is 17.9 Å². The van der Waals surface area contributed by atoms with Crippen molar-refractivity contribution in [2.45, 2.75) is 45.3 Å². The number of carboxylic acid groups (broad SMARTS) is 1. The fourth-order valence-corrected chi connectivity index (χ4v) is 2.65. The molecule has 2 aromatic rings. The molecule has 2 aromatic carbocycles. The van der Waals surface area contributed by atoms with Crippen molar-refractivity contribution in [3.63, 3.8) is 0 Å². The highest BCUT2D eigenvalue weighted by Gasteiger charge is 2.21. The zero-order valence-electron chi connectivity index (χ0n) is 16.1. The zero-order valence-corrected chi connectivity index (χ0v) is 16.1. The van der Waals surface area contributed by atoms with Gasteiger partial charge in [-0.2, -0.15) is 0 Å². The second-order valence-corrected chi connectivity index (χ2v) is 7.59. The average Bonchev–Trinajstić information content (AvgIpc) is 2.61. The first kappa shape index (κ1) is 20.6. The van der Waals surface area contributed by atoms with Gasteiger partial charge in [0.2, 0.25) is 5.91 Å². The fourth-order valence-electron chi connectivity index (χ4n) is 2.65. The van der Waals surface area contributed by atoms with Crippen LogP contribution < -0.4 is 5.32 Å². The first-order valence-electron chi connectivity index (χ1n) is 8.99. The van der Waals surface area contributed by atoms with Crippen LogP contribution in [0.25, 0.3) is 0 Å². The lowest BCUT2D eigenvalue weighted by Gasteiger charge is -2.20. The summed E-state index contributed by atoms with van der Waals surface area (Å²) in [6, 6.07) is 16.3. The summed E-state index contributed by atoms with van der Waals surface area (Å²) < 4.78 is 5.36. The van der Waals surface area contributed by atoms with E-state index in [1.807, 2.05) is 54.6 Å². The molecule has 144 valence electrons. The highest BCUT2D eigenvalue weighted by atomic mass is 16.5. The molecule has 0 heterocycles. The van der Waals surface area contributed by atoms with E-state index in [9.17, 15) is 14.7 Å². The molecule has 0 fully saturated rings. The second-order valence-electron chi connectivity index (χ2n) is 7.59. The maximum atomic E-state index is 12.0. The van der Waals surface area contributed by atoms with E-state index in [2.05, 4.69) is 26.1 Å². The number of aliphatic carboxylic acids is 1. The quantitative estimate of drug-likeness (QED) is 0.748. The van der Waals surface area contributed by atoms with Crippen molar-refractivity contribution < 1.29 is 19.4 Å². The van der Waals surface area contributed by atoms with Crippen molar-refractivity contribution in [1.82, 2.24) is 5.32 Å². The molecular formula is C22H27NO4. The number of benzene rings is 2. The predicted octanol–water partition coefficient (Wildman–Crippen LogP) is 3.31. The molecule has 0 unspecified atom stereocenters. The lowest BCUT2D eigenvalue weighted by molar-refractivity contribution is -0.142. The second kappa shape index (κ2) is 9.33. The van der Waals surface area contributed by atoms with Crippen LogP contribution in [0.3, 0.4) is 0 Å². The number of carbonyl (C=O) groups excluding carboxylic acids is 1. The molecule has 5 nitrogen and oxygen atoms in total. The summed E-state index contributed by atoms with van der Waals surface area (Å²) in [6.07, 6.45) is 0.226. The minimum Gasteiger partial charge on any atom is -0.480 e. The number of nitrogens with one attached hydrogen (secondary N) is 1. The van der Waals surface area contributed by atoms with Gasteiger partial charge in [0, 0.05) is 6.42 Å². The molecule has 27 heavy (non-hydrogen) atoms. The molecule has 0 spiro atoms. The summed E-state index contributed by atoms with van der Waals surface area (Å²) in [6.45, 7) is 6.50. The van der Waals surface area contributed by atoms with Gasteiger partial charge in [0.05, 0.1) is 6.61 Å². The third-order valence-electron chi connectivity index (χ3n) is 4.24. The van der Waals surface area contributed by atoms with Crippen LogP contribution in [0.15, 0.2) is 54.6 Å². The van der Waals surface area contributed by atoms with Gasteiger partial charge >= 0.3 is 5.97 Å². The molecule has 0 radical (unpaired) electrons. The smallest absolute Gasteiger partial charge is 0.326 e. The standard InChI is InChI=1S/C22H27NO4/c1-22(2,3)18-11-9-16(10-12-18)13-19(21(25)26)23-20(24)15-27-14-17-7-5-4-6-8-17/h4-12,19H,13-15H2,1-3H3,(H,23,24)(H,25,26)/t19-/m0/s1. The van der Waals surface area contributed by atoms with Gasteiger partial charge in [0.25, 0.3) is 0 Å². The van der Waals surface area contributed by atoms with Crippen LogP contribution >= 0.6 is 0 Å². The molecule has 2 rings (SSSR count). The van der Waals surface area contributed by atoms with Crippen molar-refractivity contribution in [3.8, 4) is 0 Å². The minimum atomic E-state index is -1.06. The molecule has 1 amide bonds. The van der Waals surface area contributed by atoms with E-state index in [1.54, 1.807) is 0 Å². The van der Waals surface area contributed by atoms with Gasteiger partial charge in [-0.1, -0.05) is 75.4 Å². The monoisotopic (exact) mass is 369 g/mol. The Bertz CT molecular complexity index is 748. The maximum absolute atomic E-state index is 12.0. The van der Waals surface area contributed by atoms with Gasteiger partial charge in [0.15, 0.2) is 0 Å². The van der Waals surface area contributed by atoms with Gasteiger partial charge in [-0.3, -0.25) is 4.79 Å². The van der Waals surface area contributed by atoms with Gasteiger partial charge in [-0.25, -0.2) is 4.79 Å². The number of carboxylic acids is 1. The van der Waals surface area contributed by atoms with Crippen molar-refractivity contribution in [3.05, 3.63) is 71.3 Å².